The van der Waals surface area contributed by atoms with E-state index in [4.69, 9.17) is 4.74 Å². The van der Waals surface area contributed by atoms with Crippen LogP contribution < -0.4 is 15.4 Å². The van der Waals surface area contributed by atoms with Crippen LogP contribution in [0.15, 0.2) is 54.7 Å². The summed E-state index contributed by atoms with van der Waals surface area (Å²) in [6, 6.07) is 11.9. The highest BCUT2D eigenvalue weighted by Crippen LogP contribution is 2.32. The molecule has 8 nitrogen and oxygen atoms in total. The van der Waals surface area contributed by atoms with E-state index >= 15 is 0 Å². The van der Waals surface area contributed by atoms with E-state index in [0.29, 0.717) is 5.69 Å². The summed E-state index contributed by atoms with van der Waals surface area (Å²) in [5.41, 5.74) is 0.952. The number of anilines is 2. The molecule has 1 aliphatic rings. The lowest BCUT2D eigenvalue weighted by atomic mass is 10.1. The van der Waals surface area contributed by atoms with Crippen molar-refractivity contribution < 1.29 is 23.1 Å². The average molecular weight is 463 g/mol. The van der Waals surface area contributed by atoms with E-state index in [1.807, 2.05) is 24.3 Å². The highest BCUT2D eigenvalue weighted by atomic mass is 19.1. The summed E-state index contributed by atoms with van der Waals surface area (Å²) >= 11 is 0. The zero-order valence-electron chi connectivity index (χ0n) is 17.8. The lowest BCUT2D eigenvalue weighted by Gasteiger charge is -2.11. The number of fused-ring (bicyclic) bond motifs is 1. The molecule has 2 aromatic carbocycles. The Morgan fingerprint density at radius 1 is 1.06 bits per heavy atom. The van der Waals surface area contributed by atoms with E-state index in [9.17, 15) is 18.4 Å². The number of nitrogens with one attached hydrogen (secondary N) is 3. The van der Waals surface area contributed by atoms with Gasteiger partial charge in [-0.15, -0.1) is 0 Å². The summed E-state index contributed by atoms with van der Waals surface area (Å²) in [6.07, 6.45) is 2.95. The number of pyridine rings is 1. The van der Waals surface area contributed by atoms with Crippen molar-refractivity contribution in [3.63, 3.8) is 0 Å². The first-order chi connectivity index (χ1) is 16.5. The average Bonchev–Trinajstić information content (AvgIpc) is 3.60. The molecule has 0 radical (unpaired) electrons. The van der Waals surface area contributed by atoms with Crippen molar-refractivity contribution in [2.45, 2.75) is 19.3 Å². The van der Waals surface area contributed by atoms with Gasteiger partial charge in [0.05, 0.1) is 23.3 Å². The van der Waals surface area contributed by atoms with Crippen molar-refractivity contribution in [1.29, 1.82) is 0 Å². The number of nitrogens with zero attached hydrogens (tertiary/aromatic N) is 2. The molecule has 4 aromatic rings. The normalized spacial score (nSPS) is 13.0. The third-order valence-corrected chi connectivity index (χ3v) is 5.33. The number of para-hydroxylation sites is 1. The largest absolute Gasteiger partial charge is 0.454 e. The Morgan fingerprint density at radius 3 is 2.71 bits per heavy atom. The van der Waals surface area contributed by atoms with Gasteiger partial charge in [-0.25, -0.2) is 13.8 Å². The number of aromatic nitrogens is 3. The SMILES string of the molecule is O=C(Cc1n[nH]c2ccccc12)Nc1cc(F)c(Oc2ccnc(NC(=O)C3CC3)c2)cc1F. The van der Waals surface area contributed by atoms with Crippen LogP contribution in [-0.4, -0.2) is 27.0 Å². The number of hydrogen-bond donors (Lipinski definition) is 3. The number of rotatable bonds is 7. The van der Waals surface area contributed by atoms with E-state index < -0.39 is 17.5 Å². The topological polar surface area (TPSA) is 109 Å². The first kappa shape index (κ1) is 21.5. The summed E-state index contributed by atoms with van der Waals surface area (Å²) in [7, 11) is 0. The molecule has 2 aromatic heterocycles. The number of carbonyl (C=O) groups is 2. The lowest BCUT2D eigenvalue weighted by molar-refractivity contribution is -0.117. The third-order valence-electron chi connectivity index (χ3n) is 5.33. The van der Waals surface area contributed by atoms with Crippen molar-refractivity contribution in [3.8, 4) is 11.5 Å². The maximum atomic E-state index is 14.6. The van der Waals surface area contributed by atoms with Gasteiger partial charge in [0, 0.05) is 35.7 Å². The number of halogens is 2. The molecule has 0 bridgehead atoms. The Bertz CT molecular complexity index is 1400. The first-order valence-corrected chi connectivity index (χ1v) is 10.6. The Kier molecular flexibility index (Phi) is 5.62. The highest BCUT2D eigenvalue weighted by molar-refractivity contribution is 5.95. The number of hydrogen-bond acceptors (Lipinski definition) is 5. The molecule has 1 saturated carbocycles. The Morgan fingerprint density at radius 2 is 1.88 bits per heavy atom. The van der Waals surface area contributed by atoms with Gasteiger partial charge in [0.1, 0.15) is 11.6 Å². The Hall–Kier alpha value is -4.34. The van der Waals surface area contributed by atoms with Gasteiger partial charge in [0.15, 0.2) is 17.4 Å². The summed E-state index contributed by atoms with van der Waals surface area (Å²) in [5, 5.41) is 12.7. The van der Waals surface area contributed by atoms with E-state index in [-0.39, 0.29) is 41.3 Å². The van der Waals surface area contributed by atoms with Crippen LogP contribution in [0.3, 0.4) is 0 Å². The van der Waals surface area contributed by atoms with E-state index in [0.717, 1.165) is 35.9 Å². The third kappa shape index (κ3) is 4.70. The molecule has 1 aliphatic carbocycles. The second kappa shape index (κ2) is 8.89. The quantitative estimate of drug-likeness (QED) is 0.372. The second-order valence-electron chi connectivity index (χ2n) is 7.95. The number of amides is 2. The molecule has 0 atom stereocenters. The number of carbonyl (C=O) groups excluding carboxylic acids is 2. The molecule has 0 aliphatic heterocycles. The summed E-state index contributed by atoms with van der Waals surface area (Å²) < 4.78 is 34.7. The van der Waals surface area contributed by atoms with Crippen LogP contribution in [0.4, 0.5) is 20.3 Å². The van der Waals surface area contributed by atoms with Crippen molar-refractivity contribution in [1.82, 2.24) is 15.2 Å². The van der Waals surface area contributed by atoms with Crippen LogP contribution in [-0.2, 0) is 16.0 Å². The van der Waals surface area contributed by atoms with Gasteiger partial charge in [-0.05, 0) is 25.0 Å². The molecule has 0 saturated heterocycles. The van der Waals surface area contributed by atoms with Gasteiger partial charge >= 0.3 is 0 Å². The zero-order valence-corrected chi connectivity index (χ0v) is 17.8. The molecule has 10 heteroatoms. The standard InChI is InChI=1S/C24H19F2N5O3/c25-16-11-21(34-14-7-8-27-22(9-14)29-24(33)13-5-6-13)17(26)10-20(16)28-23(32)12-19-15-3-1-2-4-18(15)30-31-19/h1-4,7-11,13H,5-6,12H2,(H,28,32)(H,30,31)(H,27,29,33). The Labute approximate surface area is 192 Å². The van der Waals surface area contributed by atoms with Crippen LogP contribution in [0, 0.1) is 17.6 Å². The molecule has 172 valence electrons. The molecule has 2 amide bonds. The molecule has 3 N–H and O–H groups in total. The minimum atomic E-state index is -0.873. The summed E-state index contributed by atoms with van der Waals surface area (Å²) in [4.78, 5) is 28.3. The second-order valence-corrected chi connectivity index (χ2v) is 7.95. The maximum Gasteiger partial charge on any atom is 0.230 e. The van der Waals surface area contributed by atoms with Gasteiger partial charge in [-0.3, -0.25) is 14.7 Å². The van der Waals surface area contributed by atoms with Crippen LogP contribution in [0.25, 0.3) is 10.9 Å². The van der Waals surface area contributed by atoms with Gasteiger partial charge in [0.2, 0.25) is 11.8 Å². The Balaban J connectivity index is 1.27. The van der Waals surface area contributed by atoms with Crippen LogP contribution in [0.5, 0.6) is 11.5 Å². The molecule has 2 heterocycles. The van der Waals surface area contributed by atoms with Crippen LogP contribution in [0.1, 0.15) is 18.5 Å². The van der Waals surface area contributed by atoms with Gasteiger partial charge in [-0.1, -0.05) is 18.2 Å². The molecule has 0 spiro atoms. The predicted octanol–water partition coefficient (Wildman–Crippen LogP) is 4.56. The number of benzene rings is 2. The highest BCUT2D eigenvalue weighted by Gasteiger charge is 2.29. The summed E-state index contributed by atoms with van der Waals surface area (Å²) in [5.74, 6) is -2.38. The van der Waals surface area contributed by atoms with Gasteiger partial charge < -0.3 is 15.4 Å². The smallest absolute Gasteiger partial charge is 0.230 e. The van der Waals surface area contributed by atoms with E-state index in [1.54, 1.807) is 0 Å². The molecular weight excluding hydrogens is 444 g/mol. The fourth-order valence-corrected chi connectivity index (χ4v) is 3.45. The molecule has 34 heavy (non-hydrogen) atoms. The minimum absolute atomic E-state index is 0.00702. The zero-order chi connectivity index (χ0) is 23.7. The van der Waals surface area contributed by atoms with Crippen molar-refractivity contribution >= 4 is 34.2 Å². The monoisotopic (exact) mass is 463 g/mol. The fraction of sp³-hybridized carbons (Fsp3) is 0.167. The van der Waals surface area contributed by atoms with Crippen LogP contribution >= 0.6 is 0 Å². The summed E-state index contributed by atoms with van der Waals surface area (Å²) in [6.45, 7) is 0. The number of H-pyrrole nitrogens is 1. The number of aromatic amines is 1. The van der Waals surface area contributed by atoms with Crippen molar-refractivity contribution in [2.24, 2.45) is 5.92 Å². The van der Waals surface area contributed by atoms with Crippen molar-refractivity contribution in [2.75, 3.05) is 10.6 Å². The number of ether oxygens (including phenoxy) is 1. The molecule has 1 fully saturated rings. The van der Waals surface area contributed by atoms with Gasteiger partial charge in [-0.2, -0.15) is 5.10 Å². The van der Waals surface area contributed by atoms with Crippen molar-refractivity contribution in [3.05, 3.63) is 72.1 Å². The molecule has 0 unspecified atom stereocenters. The maximum absolute atomic E-state index is 14.6. The van der Waals surface area contributed by atoms with E-state index in [1.165, 1.54) is 18.3 Å². The lowest BCUT2D eigenvalue weighted by Crippen LogP contribution is -2.16. The fourth-order valence-electron chi connectivity index (χ4n) is 3.45. The first-order valence-electron chi connectivity index (χ1n) is 10.6. The minimum Gasteiger partial charge on any atom is -0.454 e. The molecular formula is C24H19F2N5O3. The van der Waals surface area contributed by atoms with Gasteiger partial charge in [0.25, 0.3) is 0 Å². The van der Waals surface area contributed by atoms with E-state index in [2.05, 4.69) is 25.8 Å². The molecule has 5 rings (SSSR count). The predicted molar refractivity (Wildman–Crippen MR) is 120 cm³/mol. The van der Waals surface area contributed by atoms with Crippen LogP contribution in [0.2, 0.25) is 0 Å².